The average Bonchev–Trinajstić information content (AvgIpc) is 3.13. The molecule has 0 nitrogen and oxygen atoms in total. The summed E-state index contributed by atoms with van der Waals surface area (Å²) in [7, 11) is 0. The van der Waals surface area contributed by atoms with Gasteiger partial charge in [-0.2, -0.15) is 0 Å². The molecule has 16 rings (SSSR count). The van der Waals surface area contributed by atoms with Crippen molar-refractivity contribution in [3.63, 3.8) is 0 Å². The number of fused-ring (bicyclic) bond motifs is 7. The first-order chi connectivity index (χ1) is 40.7. The molecule has 16 aromatic carbocycles. The molecule has 0 heteroatoms. The lowest BCUT2D eigenvalue weighted by molar-refractivity contribution is 1.56. The van der Waals surface area contributed by atoms with Crippen molar-refractivity contribution in [3.05, 3.63) is 315 Å². The Bertz CT molecular complexity index is 4720. The Morgan fingerprint density at radius 3 is 0.598 bits per heavy atom. The quantitative estimate of drug-likeness (QED) is 0.133. The van der Waals surface area contributed by atoms with Crippen LogP contribution in [-0.2, 0) is 0 Å². The van der Waals surface area contributed by atoms with E-state index in [1.54, 1.807) is 0 Å². The van der Waals surface area contributed by atoms with Gasteiger partial charge in [0, 0.05) is 0 Å². The lowest BCUT2D eigenvalue weighted by atomic mass is 9.78. The van der Waals surface area contributed by atoms with Crippen molar-refractivity contribution in [1.29, 1.82) is 0 Å². The van der Waals surface area contributed by atoms with Crippen molar-refractivity contribution in [2.75, 3.05) is 0 Å². The number of hydrogen-bond acceptors (Lipinski definition) is 0. The fraction of sp³-hybridized carbons (Fsp3) is 0. The molecular weight excluding hydrogens is 985 g/mol. The number of benzene rings is 16. The normalized spacial score (nSPS) is 11.7. The Kier molecular flexibility index (Phi) is 11.3. The van der Waals surface area contributed by atoms with Gasteiger partial charge in [-0.3, -0.25) is 0 Å². The van der Waals surface area contributed by atoms with Gasteiger partial charge in [0.15, 0.2) is 0 Å². The molecule has 0 heterocycles. The highest BCUT2D eigenvalue weighted by Gasteiger charge is 2.26. The average molecular weight is 1040 g/mol. The molecular formula is C82H52. The molecule has 0 bridgehead atoms. The van der Waals surface area contributed by atoms with Gasteiger partial charge >= 0.3 is 0 Å². The molecule has 0 saturated heterocycles. The molecule has 0 radical (unpaired) electrons. The molecule has 0 spiro atoms. The van der Waals surface area contributed by atoms with Crippen molar-refractivity contribution in [1.82, 2.24) is 0 Å². The van der Waals surface area contributed by atoms with Crippen LogP contribution in [0.1, 0.15) is 0 Å². The van der Waals surface area contributed by atoms with E-state index < -0.39 is 0 Å². The van der Waals surface area contributed by atoms with Crippen LogP contribution in [0.25, 0.3) is 164 Å². The topological polar surface area (TPSA) is 0 Å². The van der Waals surface area contributed by atoms with E-state index in [-0.39, 0.29) is 0 Å². The predicted octanol–water partition coefficient (Wildman–Crippen LogP) is 23.1. The maximum Gasteiger partial charge on any atom is -0.00141 e. The summed E-state index contributed by atoms with van der Waals surface area (Å²) in [6.45, 7) is 0. The van der Waals surface area contributed by atoms with Gasteiger partial charge in [0.1, 0.15) is 0 Å². The fourth-order valence-electron chi connectivity index (χ4n) is 13.6. The van der Waals surface area contributed by atoms with Crippen LogP contribution >= 0.6 is 0 Å². The van der Waals surface area contributed by atoms with Crippen LogP contribution in [0.3, 0.4) is 0 Å². The summed E-state index contributed by atoms with van der Waals surface area (Å²) >= 11 is 0. The van der Waals surface area contributed by atoms with E-state index in [1.807, 2.05) is 0 Å². The molecule has 0 aliphatic carbocycles. The number of hydrogen-bond donors (Lipinski definition) is 0. The van der Waals surface area contributed by atoms with Gasteiger partial charge in [-0.15, -0.1) is 0 Å². The Morgan fingerprint density at radius 1 is 0.110 bits per heavy atom. The molecule has 0 unspecified atom stereocenters. The lowest BCUT2D eigenvalue weighted by Gasteiger charge is -2.24. The Morgan fingerprint density at radius 2 is 0.305 bits per heavy atom. The summed E-state index contributed by atoms with van der Waals surface area (Å²) in [5.41, 5.74) is 19.5. The van der Waals surface area contributed by atoms with E-state index in [9.17, 15) is 0 Å². The minimum absolute atomic E-state index is 1.17. The van der Waals surface area contributed by atoms with Crippen LogP contribution in [0.2, 0.25) is 0 Å². The van der Waals surface area contributed by atoms with E-state index in [0.29, 0.717) is 0 Å². The molecule has 16 aromatic rings. The monoisotopic (exact) mass is 1040 g/mol. The van der Waals surface area contributed by atoms with Crippen LogP contribution < -0.4 is 0 Å². The van der Waals surface area contributed by atoms with E-state index in [0.717, 1.165) is 0 Å². The van der Waals surface area contributed by atoms with Crippen molar-refractivity contribution < 1.29 is 0 Å². The zero-order valence-electron chi connectivity index (χ0n) is 45.0. The molecule has 0 aliphatic heterocycles. The molecule has 0 fully saturated rings. The maximum atomic E-state index is 2.37. The first kappa shape index (κ1) is 47.3. The van der Waals surface area contributed by atoms with E-state index in [4.69, 9.17) is 0 Å². The first-order valence-electron chi connectivity index (χ1n) is 28.5. The van der Waals surface area contributed by atoms with Gasteiger partial charge in [0.2, 0.25) is 0 Å². The molecule has 0 N–H and O–H groups in total. The Balaban J connectivity index is 0.885. The first-order valence-corrected chi connectivity index (χ1v) is 28.5. The summed E-state index contributed by atoms with van der Waals surface area (Å²) in [6, 6.07) is 117. The van der Waals surface area contributed by atoms with Crippen LogP contribution in [0.15, 0.2) is 315 Å². The van der Waals surface area contributed by atoms with Crippen LogP contribution in [-0.4, -0.2) is 0 Å². The van der Waals surface area contributed by atoms with Crippen molar-refractivity contribution in [2.24, 2.45) is 0 Å². The third-order valence-corrected chi connectivity index (χ3v) is 17.2. The second-order valence-corrected chi connectivity index (χ2v) is 21.7. The lowest BCUT2D eigenvalue weighted by Crippen LogP contribution is -1.98. The SMILES string of the molecule is c1ccc(-c2c(-c3ccccc3)c(-c3ccc(-c4c5ccccc5c(-c5ccc6ccccc6c5)c5ccccc45)cc3)c3ccccc3c2-c2ccc(-c3c4ccccc4c(-c4ccc5ccccc5c4)c4ccccc34)cc2)cc1. The standard InChI is InChI=1S/C82H52/c1-3-23-55(24-4-1)81-79(59-45-41-57(42-46-59)75-65-29-11-15-33-69(65)77(70-34-16-12-30-66(70)75)63-49-39-53-21-7-9-27-61(53)51-63)73-37-19-20-38-74(73)80(82(81)56-25-5-2-6-26-56)60-47-43-58(44-48-60)76-67-31-13-17-35-71(67)78(72-36-18-14-32-68(72)76)64-50-40-54-22-8-10-28-62(54)52-64/h1-52H. The fourth-order valence-corrected chi connectivity index (χ4v) is 13.6. The summed E-state index contributed by atoms with van der Waals surface area (Å²) in [6.07, 6.45) is 0. The highest BCUT2D eigenvalue weighted by atomic mass is 14.3. The van der Waals surface area contributed by atoms with Crippen LogP contribution in [0, 0.1) is 0 Å². The van der Waals surface area contributed by atoms with Crippen LogP contribution in [0.4, 0.5) is 0 Å². The van der Waals surface area contributed by atoms with Crippen LogP contribution in [0.5, 0.6) is 0 Å². The minimum Gasteiger partial charge on any atom is -0.0622 e. The highest BCUT2D eigenvalue weighted by molar-refractivity contribution is 6.24. The molecule has 0 aliphatic rings. The third kappa shape index (κ3) is 7.76. The van der Waals surface area contributed by atoms with E-state index in [2.05, 4.69) is 315 Å². The Labute approximate surface area is 477 Å². The van der Waals surface area contributed by atoms with Crippen molar-refractivity contribution in [2.45, 2.75) is 0 Å². The zero-order chi connectivity index (χ0) is 54.1. The van der Waals surface area contributed by atoms with Gasteiger partial charge < -0.3 is 0 Å². The summed E-state index contributed by atoms with van der Waals surface area (Å²) < 4.78 is 0. The Hall–Kier alpha value is -10.7. The zero-order valence-corrected chi connectivity index (χ0v) is 45.0. The van der Waals surface area contributed by atoms with E-state index >= 15 is 0 Å². The summed E-state index contributed by atoms with van der Waals surface area (Å²) in [5.74, 6) is 0. The molecule has 0 aromatic heterocycles. The van der Waals surface area contributed by atoms with Gasteiger partial charge in [0.05, 0.1) is 0 Å². The van der Waals surface area contributed by atoms with Gasteiger partial charge in [0.25, 0.3) is 0 Å². The third-order valence-electron chi connectivity index (χ3n) is 17.2. The van der Waals surface area contributed by atoms with Gasteiger partial charge in [-0.25, -0.2) is 0 Å². The maximum absolute atomic E-state index is 2.37. The molecule has 82 heavy (non-hydrogen) atoms. The van der Waals surface area contributed by atoms with Crippen molar-refractivity contribution in [3.8, 4) is 89.0 Å². The summed E-state index contributed by atoms with van der Waals surface area (Å²) in [4.78, 5) is 0. The van der Waals surface area contributed by atoms with E-state index in [1.165, 1.54) is 164 Å². The predicted molar refractivity (Wildman–Crippen MR) is 352 cm³/mol. The molecule has 0 atom stereocenters. The largest absolute Gasteiger partial charge is 0.0622 e. The number of rotatable bonds is 8. The molecule has 0 saturated carbocycles. The molecule has 380 valence electrons. The van der Waals surface area contributed by atoms with Gasteiger partial charge in [-0.1, -0.05) is 303 Å². The minimum atomic E-state index is 1.17. The molecule has 0 amide bonds. The van der Waals surface area contributed by atoms with Gasteiger partial charge in [-0.05, 0) is 177 Å². The van der Waals surface area contributed by atoms with Crippen molar-refractivity contribution >= 4 is 75.4 Å². The highest BCUT2D eigenvalue weighted by Crippen LogP contribution is 2.53. The smallest absolute Gasteiger partial charge is 0.00141 e. The second kappa shape index (κ2) is 19.6. The second-order valence-electron chi connectivity index (χ2n) is 21.7. The summed E-state index contributed by atoms with van der Waals surface area (Å²) in [5, 5.41) is 17.4.